The maximum Gasteiger partial charge on any atom is 0.280 e. The molecule has 0 saturated carbocycles. The van der Waals surface area contributed by atoms with E-state index < -0.39 is 5.91 Å². The van der Waals surface area contributed by atoms with E-state index in [1.807, 2.05) is 36.1 Å². The minimum absolute atomic E-state index is 0.106. The Hall–Kier alpha value is -3.13. The number of carbonyl (C=O) groups is 2. The summed E-state index contributed by atoms with van der Waals surface area (Å²) in [5.41, 5.74) is 12.0. The molecule has 3 rings (SSSR count). The Morgan fingerprint density at radius 3 is 2.19 bits per heavy atom. The van der Waals surface area contributed by atoms with Gasteiger partial charge in [-0.2, -0.15) is 4.99 Å². The molecule has 1 aromatic heterocycles. The van der Waals surface area contributed by atoms with E-state index in [9.17, 15) is 9.59 Å². The van der Waals surface area contributed by atoms with Crippen molar-refractivity contribution in [1.29, 1.82) is 0 Å². The van der Waals surface area contributed by atoms with E-state index >= 15 is 0 Å². The fraction of sp³-hybridized carbons (Fsp3) is 0.278. The molecule has 0 unspecified atom stereocenters. The first-order valence-electron chi connectivity index (χ1n) is 8.34. The summed E-state index contributed by atoms with van der Waals surface area (Å²) in [4.78, 5) is 32.8. The van der Waals surface area contributed by atoms with Gasteiger partial charge in [0.1, 0.15) is 0 Å². The first kappa shape index (κ1) is 17.7. The van der Waals surface area contributed by atoms with E-state index in [4.69, 9.17) is 11.5 Å². The Morgan fingerprint density at radius 2 is 1.58 bits per heavy atom. The van der Waals surface area contributed by atoms with Gasteiger partial charge < -0.3 is 25.8 Å². The van der Waals surface area contributed by atoms with Crippen molar-refractivity contribution in [2.75, 3.05) is 33.2 Å². The summed E-state index contributed by atoms with van der Waals surface area (Å²) >= 11 is 0. The van der Waals surface area contributed by atoms with Crippen molar-refractivity contribution in [3.63, 3.8) is 0 Å². The quantitative estimate of drug-likeness (QED) is 0.608. The lowest BCUT2D eigenvalue weighted by Gasteiger charge is -2.32. The van der Waals surface area contributed by atoms with Gasteiger partial charge in [0.15, 0.2) is 5.96 Å². The van der Waals surface area contributed by atoms with Crippen LogP contribution in [0.1, 0.15) is 20.7 Å². The maximum atomic E-state index is 12.9. The number of likely N-dealkylation sites (N-methyl/N-ethyl adjacent to an activating group) is 1. The van der Waals surface area contributed by atoms with Crippen LogP contribution in [0.2, 0.25) is 0 Å². The Labute approximate surface area is 151 Å². The third kappa shape index (κ3) is 3.92. The van der Waals surface area contributed by atoms with Gasteiger partial charge in [-0.1, -0.05) is 0 Å². The molecule has 1 aliphatic heterocycles. The largest absolute Gasteiger partial charge is 0.370 e. The standard InChI is InChI=1S/C18H22N6O2/c1-22-6-8-24(9-7-22)17(26)14-10-13(16(25)21-18(19)20)11-15(12-14)23-4-2-3-5-23/h2-5,10-12H,6-9H2,1H3,(H4,19,20,21,25). The molecule has 8 nitrogen and oxygen atoms in total. The van der Waals surface area contributed by atoms with Crippen LogP contribution in [0.4, 0.5) is 0 Å². The van der Waals surface area contributed by atoms with Gasteiger partial charge in [-0.3, -0.25) is 9.59 Å². The predicted octanol–water partition coefficient (Wildman–Crippen LogP) is 0.279. The van der Waals surface area contributed by atoms with Crippen LogP contribution in [0.15, 0.2) is 47.7 Å². The minimum Gasteiger partial charge on any atom is -0.370 e. The number of aliphatic imine (C=N–C) groups is 1. The lowest BCUT2D eigenvalue weighted by Crippen LogP contribution is -2.47. The molecule has 2 heterocycles. The zero-order valence-corrected chi connectivity index (χ0v) is 14.6. The van der Waals surface area contributed by atoms with Gasteiger partial charge in [0, 0.05) is 55.4 Å². The summed E-state index contributed by atoms with van der Waals surface area (Å²) in [5.74, 6) is -0.995. The first-order chi connectivity index (χ1) is 12.4. The van der Waals surface area contributed by atoms with Crippen LogP contribution in [0.3, 0.4) is 0 Å². The molecule has 0 aliphatic carbocycles. The van der Waals surface area contributed by atoms with Crippen LogP contribution >= 0.6 is 0 Å². The number of guanidine groups is 1. The summed E-state index contributed by atoms with van der Waals surface area (Å²) in [6, 6.07) is 8.71. The van der Waals surface area contributed by atoms with E-state index in [1.165, 1.54) is 0 Å². The minimum atomic E-state index is -0.577. The molecular weight excluding hydrogens is 332 g/mol. The van der Waals surface area contributed by atoms with Gasteiger partial charge >= 0.3 is 0 Å². The molecule has 8 heteroatoms. The molecule has 0 bridgehead atoms. The Bertz CT molecular complexity index is 831. The van der Waals surface area contributed by atoms with Crippen LogP contribution in [0.25, 0.3) is 5.69 Å². The number of amides is 2. The van der Waals surface area contributed by atoms with Gasteiger partial charge in [0.25, 0.3) is 11.8 Å². The van der Waals surface area contributed by atoms with Crippen molar-refractivity contribution >= 4 is 17.8 Å². The third-order valence-corrected chi connectivity index (χ3v) is 4.34. The van der Waals surface area contributed by atoms with Crippen molar-refractivity contribution in [3.8, 4) is 5.69 Å². The molecular formula is C18H22N6O2. The molecule has 0 radical (unpaired) electrons. The predicted molar refractivity (Wildman–Crippen MR) is 99.3 cm³/mol. The van der Waals surface area contributed by atoms with Gasteiger partial charge in [-0.15, -0.1) is 0 Å². The number of carbonyl (C=O) groups excluding carboxylic acids is 2. The zero-order valence-electron chi connectivity index (χ0n) is 14.6. The molecule has 2 amide bonds. The lowest BCUT2D eigenvalue weighted by atomic mass is 10.1. The molecule has 4 N–H and O–H groups in total. The van der Waals surface area contributed by atoms with E-state index in [2.05, 4.69) is 9.89 Å². The normalized spacial score (nSPS) is 14.9. The van der Waals surface area contributed by atoms with Crippen molar-refractivity contribution in [1.82, 2.24) is 14.4 Å². The summed E-state index contributed by atoms with van der Waals surface area (Å²) < 4.78 is 1.83. The van der Waals surface area contributed by atoms with Crippen LogP contribution in [-0.4, -0.2) is 65.4 Å². The average molecular weight is 354 g/mol. The van der Waals surface area contributed by atoms with Crippen LogP contribution < -0.4 is 11.5 Å². The number of piperazine rings is 1. The molecule has 0 spiro atoms. The highest BCUT2D eigenvalue weighted by Gasteiger charge is 2.22. The second-order valence-corrected chi connectivity index (χ2v) is 6.30. The van der Waals surface area contributed by atoms with Crippen molar-refractivity contribution in [3.05, 3.63) is 53.9 Å². The first-order valence-corrected chi connectivity index (χ1v) is 8.34. The van der Waals surface area contributed by atoms with Crippen LogP contribution in [-0.2, 0) is 0 Å². The lowest BCUT2D eigenvalue weighted by molar-refractivity contribution is 0.0664. The topological polar surface area (TPSA) is 110 Å². The van der Waals surface area contributed by atoms with E-state index in [1.54, 1.807) is 23.1 Å². The fourth-order valence-corrected chi connectivity index (χ4v) is 2.89. The van der Waals surface area contributed by atoms with Crippen LogP contribution in [0.5, 0.6) is 0 Å². The smallest absolute Gasteiger partial charge is 0.280 e. The average Bonchev–Trinajstić information content (AvgIpc) is 3.15. The highest BCUT2D eigenvalue weighted by Crippen LogP contribution is 2.18. The summed E-state index contributed by atoms with van der Waals surface area (Å²) in [7, 11) is 2.03. The van der Waals surface area contributed by atoms with E-state index in [0.29, 0.717) is 24.3 Å². The monoisotopic (exact) mass is 354 g/mol. The number of benzene rings is 1. The number of nitrogens with zero attached hydrogens (tertiary/aromatic N) is 4. The summed E-state index contributed by atoms with van der Waals surface area (Å²) in [6.07, 6.45) is 3.68. The van der Waals surface area contributed by atoms with Gasteiger partial charge in [-0.25, -0.2) is 0 Å². The van der Waals surface area contributed by atoms with Crippen LogP contribution in [0, 0.1) is 0 Å². The van der Waals surface area contributed by atoms with E-state index in [-0.39, 0.29) is 17.4 Å². The van der Waals surface area contributed by atoms with Gasteiger partial charge in [0.2, 0.25) is 0 Å². The van der Waals surface area contributed by atoms with Crippen molar-refractivity contribution in [2.24, 2.45) is 16.5 Å². The zero-order chi connectivity index (χ0) is 18.7. The van der Waals surface area contributed by atoms with Crippen molar-refractivity contribution < 1.29 is 9.59 Å². The fourth-order valence-electron chi connectivity index (χ4n) is 2.89. The highest BCUT2D eigenvalue weighted by atomic mass is 16.2. The highest BCUT2D eigenvalue weighted by molar-refractivity contribution is 6.04. The summed E-state index contributed by atoms with van der Waals surface area (Å²) in [6.45, 7) is 2.95. The van der Waals surface area contributed by atoms with Crippen molar-refractivity contribution in [2.45, 2.75) is 0 Å². The second-order valence-electron chi connectivity index (χ2n) is 6.30. The molecule has 1 saturated heterocycles. The molecule has 1 aliphatic rings. The SMILES string of the molecule is CN1CCN(C(=O)c2cc(C(=O)N=C(N)N)cc(-n3cccc3)c2)CC1. The summed E-state index contributed by atoms with van der Waals surface area (Å²) in [5, 5.41) is 0. The number of hydrogen-bond acceptors (Lipinski definition) is 3. The Balaban J connectivity index is 1.98. The third-order valence-electron chi connectivity index (χ3n) is 4.34. The molecule has 1 aromatic carbocycles. The molecule has 1 fully saturated rings. The molecule has 0 atom stereocenters. The molecule has 136 valence electrons. The van der Waals surface area contributed by atoms with E-state index in [0.717, 1.165) is 13.1 Å². The van der Waals surface area contributed by atoms with Gasteiger partial charge in [-0.05, 0) is 37.4 Å². The molecule has 26 heavy (non-hydrogen) atoms. The second kappa shape index (κ2) is 7.40. The Morgan fingerprint density at radius 1 is 0.962 bits per heavy atom. The van der Waals surface area contributed by atoms with Gasteiger partial charge in [0.05, 0.1) is 0 Å². The molecule has 2 aromatic rings. The number of nitrogens with two attached hydrogens (primary N) is 2. The maximum absolute atomic E-state index is 12.9. The Kier molecular flexibility index (Phi) is 5.04. The number of aromatic nitrogens is 1. The number of hydrogen-bond donors (Lipinski definition) is 2. The number of rotatable bonds is 3.